The summed E-state index contributed by atoms with van der Waals surface area (Å²) in [6.45, 7) is 1.92. The van der Waals surface area contributed by atoms with Crippen molar-refractivity contribution in [2.75, 3.05) is 19.7 Å². The molecule has 1 heterocycles. The van der Waals surface area contributed by atoms with Gasteiger partial charge < -0.3 is 10.4 Å². The van der Waals surface area contributed by atoms with E-state index in [2.05, 4.69) is 26.2 Å². The Morgan fingerprint density at radius 3 is 2.46 bits per heavy atom. The quantitative estimate of drug-likeness (QED) is 0.665. The van der Waals surface area contributed by atoms with Gasteiger partial charge in [-0.1, -0.05) is 12.8 Å². The standard InChI is InChI=1S/C17H24BrF3N2O/c18-15-9-14(17(19,20)21)11-23-16(15)5-7-22-10-13-3-1-12(2-4-13)6-8-24/h9,11-13,22,24H,1-8,10H2. The highest BCUT2D eigenvalue weighted by atomic mass is 79.9. The molecule has 0 atom stereocenters. The highest BCUT2D eigenvalue weighted by molar-refractivity contribution is 9.10. The summed E-state index contributed by atoms with van der Waals surface area (Å²) in [6, 6.07) is 1.09. The maximum atomic E-state index is 12.6. The fourth-order valence-electron chi connectivity index (χ4n) is 3.23. The van der Waals surface area contributed by atoms with E-state index in [4.69, 9.17) is 5.11 Å². The Hall–Kier alpha value is -0.660. The van der Waals surface area contributed by atoms with Crippen LogP contribution in [0.5, 0.6) is 0 Å². The first-order chi connectivity index (χ1) is 11.4. The van der Waals surface area contributed by atoms with E-state index >= 15 is 0 Å². The van der Waals surface area contributed by atoms with Crippen LogP contribution in [0.15, 0.2) is 16.7 Å². The first kappa shape index (κ1) is 19.7. The Balaban J connectivity index is 1.70. The van der Waals surface area contributed by atoms with Gasteiger partial charge in [-0.15, -0.1) is 0 Å². The van der Waals surface area contributed by atoms with Crippen molar-refractivity contribution in [2.24, 2.45) is 11.8 Å². The molecular formula is C17H24BrF3N2O. The van der Waals surface area contributed by atoms with Crippen molar-refractivity contribution in [2.45, 2.75) is 44.7 Å². The maximum absolute atomic E-state index is 12.6. The Labute approximate surface area is 149 Å². The topological polar surface area (TPSA) is 45.1 Å². The number of hydrogen-bond donors (Lipinski definition) is 2. The molecule has 0 saturated heterocycles. The van der Waals surface area contributed by atoms with Gasteiger partial charge in [0.2, 0.25) is 0 Å². The molecule has 1 aliphatic carbocycles. The molecule has 0 aromatic carbocycles. The molecule has 2 N–H and O–H groups in total. The second-order valence-electron chi connectivity index (χ2n) is 6.50. The zero-order valence-electron chi connectivity index (χ0n) is 13.6. The van der Waals surface area contributed by atoms with Gasteiger partial charge in [0, 0.05) is 30.2 Å². The highest BCUT2D eigenvalue weighted by Gasteiger charge is 2.31. The van der Waals surface area contributed by atoms with E-state index < -0.39 is 11.7 Å². The lowest BCUT2D eigenvalue weighted by atomic mass is 9.80. The fourth-order valence-corrected chi connectivity index (χ4v) is 3.77. The smallest absolute Gasteiger partial charge is 0.396 e. The molecule has 1 aromatic heterocycles. The Morgan fingerprint density at radius 2 is 1.88 bits per heavy atom. The van der Waals surface area contributed by atoms with E-state index in [-0.39, 0.29) is 6.61 Å². The minimum atomic E-state index is -4.36. The molecule has 136 valence electrons. The number of rotatable bonds is 7. The molecule has 7 heteroatoms. The highest BCUT2D eigenvalue weighted by Crippen LogP contribution is 2.31. The van der Waals surface area contributed by atoms with Gasteiger partial charge >= 0.3 is 6.18 Å². The van der Waals surface area contributed by atoms with Gasteiger partial charge in [-0.25, -0.2) is 0 Å². The number of alkyl halides is 3. The lowest BCUT2D eigenvalue weighted by molar-refractivity contribution is -0.137. The summed E-state index contributed by atoms with van der Waals surface area (Å²) >= 11 is 3.18. The number of nitrogens with zero attached hydrogens (tertiary/aromatic N) is 1. The number of halogens is 4. The van der Waals surface area contributed by atoms with Crippen LogP contribution in [0, 0.1) is 11.8 Å². The first-order valence-electron chi connectivity index (χ1n) is 8.43. The van der Waals surface area contributed by atoms with Crippen LogP contribution < -0.4 is 5.32 Å². The monoisotopic (exact) mass is 408 g/mol. The van der Waals surface area contributed by atoms with E-state index in [0.717, 1.165) is 25.2 Å². The zero-order valence-corrected chi connectivity index (χ0v) is 15.2. The minimum Gasteiger partial charge on any atom is -0.396 e. The summed E-state index contributed by atoms with van der Waals surface area (Å²) in [4.78, 5) is 3.93. The Morgan fingerprint density at radius 1 is 1.21 bits per heavy atom. The summed E-state index contributed by atoms with van der Waals surface area (Å²) in [6.07, 6.45) is 2.76. The van der Waals surface area contributed by atoms with Gasteiger partial charge in [0.05, 0.1) is 11.3 Å². The van der Waals surface area contributed by atoms with Crippen molar-refractivity contribution in [1.29, 1.82) is 0 Å². The van der Waals surface area contributed by atoms with Crippen molar-refractivity contribution in [3.63, 3.8) is 0 Å². The molecule has 0 radical (unpaired) electrons. The molecular weight excluding hydrogens is 385 g/mol. The zero-order chi connectivity index (χ0) is 17.6. The SMILES string of the molecule is OCCC1CCC(CNCCc2ncc(C(F)(F)F)cc2Br)CC1. The average molecular weight is 409 g/mol. The minimum absolute atomic E-state index is 0.280. The molecule has 0 bridgehead atoms. The third-order valence-corrected chi connectivity index (χ3v) is 5.41. The molecule has 0 aliphatic heterocycles. The van der Waals surface area contributed by atoms with Crippen molar-refractivity contribution in [1.82, 2.24) is 10.3 Å². The van der Waals surface area contributed by atoms with E-state index in [1.807, 2.05) is 0 Å². The number of pyridine rings is 1. The number of aliphatic hydroxyl groups is 1. The van der Waals surface area contributed by atoms with Gasteiger partial charge in [0.1, 0.15) is 0 Å². The normalized spacial score (nSPS) is 21.9. The number of nitrogens with one attached hydrogen (secondary N) is 1. The van der Waals surface area contributed by atoms with Crippen LogP contribution in [0.4, 0.5) is 13.2 Å². The molecule has 24 heavy (non-hydrogen) atoms. The lowest BCUT2D eigenvalue weighted by Gasteiger charge is -2.28. The van der Waals surface area contributed by atoms with Crippen LogP contribution in [0.2, 0.25) is 0 Å². The molecule has 1 aliphatic rings. The van der Waals surface area contributed by atoms with Crippen molar-refractivity contribution >= 4 is 15.9 Å². The van der Waals surface area contributed by atoms with Crippen LogP contribution in [0.1, 0.15) is 43.4 Å². The largest absolute Gasteiger partial charge is 0.417 e. The second kappa shape index (κ2) is 9.15. The Kier molecular flexibility index (Phi) is 7.50. The van der Waals surface area contributed by atoms with Gasteiger partial charge in [-0.05, 0) is 59.6 Å². The predicted molar refractivity (Wildman–Crippen MR) is 90.7 cm³/mol. The van der Waals surface area contributed by atoms with Crippen LogP contribution in [0.3, 0.4) is 0 Å². The average Bonchev–Trinajstić information content (AvgIpc) is 2.53. The maximum Gasteiger partial charge on any atom is 0.417 e. The molecule has 1 saturated carbocycles. The van der Waals surface area contributed by atoms with Crippen LogP contribution in [-0.4, -0.2) is 29.8 Å². The van der Waals surface area contributed by atoms with E-state index in [0.29, 0.717) is 35.0 Å². The summed E-state index contributed by atoms with van der Waals surface area (Å²) < 4.78 is 38.2. The summed E-state index contributed by atoms with van der Waals surface area (Å²) in [5, 5.41) is 12.4. The number of aromatic nitrogens is 1. The lowest BCUT2D eigenvalue weighted by Crippen LogP contribution is -2.28. The number of aliphatic hydroxyl groups excluding tert-OH is 1. The molecule has 1 aromatic rings. The molecule has 0 spiro atoms. The van der Waals surface area contributed by atoms with Gasteiger partial charge in [-0.2, -0.15) is 13.2 Å². The van der Waals surface area contributed by atoms with E-state index in [1.54, 1.807) is 0 Å². The van der Waals surface area contributed by atoms with E-state index in [9.17, 15) is 13.2 Å². The predicted octanol–water partition coefficient (Wildman–Crippen LogP) is 4.18. The number of hydrogen-bond acceptors (Lipinski definition) is 3. The van der Waals surface area contributed by atoms with Gasteiger partial charge in [0.15, 0.2) is 0 Å². The summed E-state index contributed by atoms with van der Waals surface area (Å²) in [5.74, 6) is 1.32. The van der Waals surface area contributed by atoms with Crippen LogP contribution in [0.25, 0.3) is 0 Å². The third-order valence-electron chi connectivity index (χ3n) is 4.72. The first-order valence-corrected chi connectivity index (χ1v) is 9.22. The molecule has 0 amide bonds. The van der Waals surface area contributed by atoms with Crippen molar-refractivity contribution in [3.05, 3.63) is 28.0 Å². The van der Waals surface area contributed by atoms with Gasteiger partial charge in [0.25, 0.3) is 0 Å². The fraction of sp³-hybridized carbons (Fsp3) is 0.706. The van der Waals surface area contributed by atoms with Crippen LogP contribution >= 0.6 is 15.9 Å². The molecule has 2 rings (SSSR count). The Bertz CT molecular complexity index is 517. The van der Waals surface area contributed by atoms with Crippen molar-refractivity contribution < 1.29 is 18.3 Å². The molecule has 1 fully saturated rings. The molecule has 0 unspecified atom stereocenters. The summed E-state index contributed by atoms with van der Waals surface area (Å²) in [7, 11) is 0. The molecule has 3 nitrogen and oxygen atoms in total. The van der Waals surface area contributed by atoms with Gasteiger partial charge in [-0.3, -0.25) is 4.98 Å². The third kappa shape index (κ3) is 6.01. The van der Waals surface area contributed by atoms with Crippen molar-refractivity contribution in [3.8, 4) is 0 Å². The van der Waals surface area contributed by atoms with E-state index in [1.165, 1.54) is 25.7 Å². The second-order valence-corrected chi connectivity index (χ2v) is 7.36. The summed E-state index contributed by atoms with van der Waals surface area (Å²) in [5.41, 5.74) is -0.0899. The van der Waals surface area contributed by atoms with Crippen LogP contribution in [-0.2, 0) is 12.6 Å².